The molecule has 2 aliphatic heterocycles. The van der Waals surface area contributed by atoms with Gasteiger partial charge in [-0.05, 0) is 30.5 Å². The van der Waals surface area contributed by atoms with Gasteiger partial charge in [-0.15, -0.1) is 0 Å². The van der Waals surface area contributed by atoms with Crippen LogP contribution in [0.1, 0.15) is 18.4 Å². The van der Waals surface area contributed by atoms with Gasteiger partial charge in [0.05, 0.1) is 0 Å². The van der Waals surface area contributed by atoms with Crippen molar-refractivity contribution in [1.82, 2.24) is 15.1 Å². The standard InChI is InChI=1S/C17H22BrN3O3/c18-14-4-1-3-13(11-14)12-19-17(23)21-8-6-20(7-9-21)16(22)15-5-2-10-24-15/h1,3-4,11,15H,2,5-10,12H2,(H,19,23). The van der Waals surface area contributed by atoms with E-state index in [0.717, 1.165) is 22.9 Å². The smallest absolute Gasteiger partial charge is 0.317 e. The van der Waals surface area contributed by atoms with Crippen molar-refractivity contribution < 1.29 is 14.3 Å². The zero-order valence-corrected chi connectivity index (χ0v) is 15.1. The molecule has 0 bridgehead atoms. The van der Waals surface area contributed by atoms with Crippen LogP contribution in [0.5, 0.6) is 0 Å². The minimum absolute atomic E-state index is 0.0710. The molecule has 1 aromatic rings. The van der Waals surface area contributed by atoms with E-state index >= 15 is 0 Å². The number of ether oxygens (including phenoxy) is 1. The van der Waals surface area contributed by atoms with Crippen LogP contribution < -0.4 is 5.32 Å². The number of carbonyl (C=O) groups is 2. The second-order valence-corrected chi connectivity index (χ2v) is 7.02. The number of halogens is 1. The SMILES string of the molecule is O=C(NCc1cccc(Br)c1)N1CCN(C(=O)C2CCCO2)CC1. The fourth-order valence-corrected chi connectivity index (χ4v) is 3.49. The molecule has 130 valence electrons. The molecule has 0 spiro atoms. The average Bonchev–Trinajstić information content (AvgIpc) is 3.14. The molecule has 7 heteroatoms. The molecule has 0 radical (unpaired) electrons. The van der Waals surface area contributed by atoms with Crippen molar-refractivity contribution in [2.24, 2.45) is 0 Å². The molecule has 0 saturated carbocycles. The summed E-state index contributed by atoms with van der Waals surface area (Å²) in [7, 11) is 0. The quantitative estimate of drug-likeness (QED) is 0.850. The minimum Gasteiger partial charge on any atom is -0.368 e. The Hall–Kier alpha value is -1.60. The summed E-state index contributed by atoms with van der Waals surface area (Å²) in [6.07, 6.45) is 1.49. The lowest BCUT2D eigenvalue weighted by molar-refractivity contribution is -0.142. The monoisotopic (exact) mass is 395 g/mol. The van der Waals surface area contributed by atoms with E-state index in [1.54, 1.807) is 4.90 Å². The van der Waals surface area contributed by atoms with E-state index in [9.17, 15) is 9.59 Å². The van der Waals surface area contributed by atoms with Crippen molar-refractivity contribution in [3.63, 3.8) is 0 Å². The molecule has 1 unspecified atom stereocenters. The van der Waals surface area contributed by atoms with Gasteiger partial charge in [0.25, 0.3) is 5.91 Å². The maximum Gasteiger partial charge on any atom is 0.317 e. The molecule has 1 atom stereocenters. The van der Waals surface area contributed by atoms with Gasteiger partial charge in [-0.25, -0.2) is 4.79 Å². The summed E-state index contributed by atoms with van der Waals surface area (Å²) >= 11 is 3.42. The topological polar surface area (TPSA) is 61.9 Å². The highest BCUT2D eigenvalue weighted by molar-refractivity contribution is 9.10. The van der Waals surface area contributed by atoms with Crippen LogP contribution in [-0.4, -0.2) is 60.6 Å². The number of rotatable bonds is 3. The van der Waals surface area contributed by atoms with Crippen molar-refractivity contribution in [2.45, 2.75) is 25.5 Å². The Labute approximate surface area is 150 Å². The Kier molecular flexibility index (Phi) is 5.73. The van der Waals surface area contributed by atoms with Crippen LogP contribution in [0.2, 0.25) is 0 Å². The van der Waals surface area contributed by atoms with E-state index in [4.69, 9.17) is 4.74 Å². The first-order chi connectivity index (χ1) is 11.6. The summed E-state index contributed by atoms with van der Waals surface area (Å²) in [5, 5.41) is 2.93. The Bertz CT molecular complexity index is 596. The second-order valence-electron chi connectivity index (χ2n) is 6.10. The lowest BCUT2D eigenvalue weighted by Gasteiger charge is -2.35. The molecular weight excluding hydrogens is 374 g/mol. The number of nitrogens with one attached hydrogen (secondary N) is 1. The maximum atomic E-state index is 12.3. The number of hydrogen-bond donors (Lipinski definition) is 1. The summed E-state index contributed by atoms with van der Waals surface area (Å²) < 4.78 is 6.45. The fraction of sp³-hybridized carbons (Fsp3) is 0.529. The van der Waals surface area contributed by atoms with Gasteiger partial charge in [0.1, 0.15) is 6.10 Å². The highest BCUT2D eigenvalue weighted by Crippen LogP contribution is 2.16. The number of piperazine rings is 1. The predicted molar refractivity (Wildman–Crippen MR) is 93.5 cm³/mol. The Morgan fingerprint density at radius 1 is 1.21 bits per heavy atom. The van der Waals surface area contributed by atoms with Gasteiger partial charge < -0.3 is 19.9 Å². The van der Waals surface area contributed by atoms with E-state index in [2.05, 4.69) is 21.2 Å². The fourth-order valence-electron chi connectivity index (χ4n) is 3.04. The number of urea groups is 1. The summed E-state index contributed by atoms with van der Waals surface area (Å²) in [5.41, 5.74) is 1.05. The van der Waals surface area contributed by atoms with Gasteiger partial charge in [0, 0.05) is 43.8 Å². The molecule has 24 heavy (non-hydrogen) atoms. The van der Waals surface area contributed by atoms with E-state index in [0.29, 0.717) is 39.3 Å². The summed E-state index contributed by atoms with van der Waals surface area (Å²) in [6, 6.07) is 7.78. The predicted octanol–water partition coefficient (Wildman–Crippen LogP) is 1.98. The van der Waals surface area contributed by atoms with Crippen LogP contribution in [0.15, 0.2) is 28.7 Å². The third-order valence-electron chi connectivity index (χ3n) is 4.42. The van der Waals surface area contributed by atoms with Crippen molar-refractivity contribution in [3.8, 4) is 0 Å². The number of benzene rings is 1. The molecule has 2 fully saturated rings. The summed E-state index contributed by atoms with van der Waals surface area (Å²) in [4.78, 5) is 28.1. The third-order valence-corrected chi connectivity index (χ3v) is 4.91. The van der Waals surface area contributed by atoms with Gasteiger partial charge >= 0.3 is 6.03 Å². The molecular formula is C17H22BrN3O3. The zero-order chi connectivity index (χ0) is 16.9. The van der Waals surface area contributed by atoms with Gasteiger partial charge in [0.2, 0.25) is 0 Å². The van der Waals surface area contributed by atoms with Gasteiger partial charge in [-0.2, -0.15) is 0 Å². The zero-order valence-electron chi connectivity index (χ0n) is 13.5. The van der Waals surface area contributed by atoms with Gasteiger partial charge in [0.15, 0.2) is 0 Å². The van der Waals surface area contributed by atoms with Crippen LogP contribution in [0, 0.1) is 0 Å². The highest BCUT2D eigenvalue weighted by Gasteiger charge is 2.31. The van der Waals surface area contributed by atoms with Crippen molar-refractivity contribution in [1.29, 1.82) is 0 Å². The lowest BCUT2D eigenvalue weighted by Crippen LogP contribution is -2.54. The van der Waals surface area contributed by atoms with Crippen LogP contribution >= 0.6 is 15.9 Å². The molecule has 3 rings (SSSR count). The second kappa shape index (κ2) is 7.98. The van der Waals surface area contributed by atoms with Crippen LogP contribution in [0.25, 0.3) is 0 Å². The van der Waals surface area contributed by atoms with E-state index < -0.39 is 0 Å². The number of carbonyl (C=O) groups excluding carboxylic acids is 2. The highest BCUT2D eigenvalue weighted by atomic mass is 79.9. The van der Waals surface area contributed by atoms with Crippen molar-refractivity contribution in [3.05, 3.63) is 34.3 Å². The van der Waals surface area contributed by atoms with Crippen LogP contribution in [0.4, 0.5) is 4.79 Å². The molecule has 0 aromatic heterocycles. The van der Waals surface area contributed by atoms with Crippen molar-refractivity contribution >= 4 is 27.9 Å². The molecule has 2 heterocycles. The molecule has 6 nitrogen and oxygen atoms in total. The first-order valence-corrected chi connectivity index (χ1v) is 9.10. The average molecular weight is 396 g/mol. The molecule has 2 aliphatic rings. The summed E-state index contributed by atoms with van der Waals surface area (Å²) in [5.74, 6) is 0.0710. The number of amides is 3. The molecule has 0 aliphatic carbocycles. The first-order valence-electron chi connectivity index (χ1n) is 8.31. The van der Waals surface area contributed by atoms with E-state index in [1.807, 2.05) is 29.2 Å². The third kappa shape index (κ3) is 4.27. The largest absolute Gasteiger partial charge is 0.368 e. The van der Waals surface area contributed by atoms with Crippen LogP contribution in [-0.2, 0) is 16.1 Å². The maximum absolute atomic E-state index is 12.3. The Morgan fingerprint density at radius 2 is 1.96 bits per heavy atom. The molecule has 3 amide bonds. The summed E-state index contributed by atoms with van der Waals surface area (Å²) in [6.45, 7) is 3.43. The van der Waals surface area contributed by atoms with Crippen LogP contribution in [0.3, 0.4) is 0 Å². The number of nitrogens with zero attached hydrogens (tertiary/aromatic N) is 2. The Balaban J connectivity index is 1.44. The lowest BCUT2D eigenvalue weighted by atomic mass is 10.2. The molecule has 1 N–H and O–H groups in total. The van der Waals surface area contributed by atoms with Crippen molar-refractivity contribution in [2.75, 3.05) is 32.8 Å². The van der Waals surface area contributed by atoms with Gasteiger partial charge in [-0.3, -0.25) is 4.79 Å². The van der Waals surface area contributed by atoms with E-state index in [1.165, 1.54) is 0 Å². The first kappa shape index (κ1) is 17.2. The minimum atomic E-state index is -0.276. The molecule has 1 aromatic carbocycles. The van der Waals surface area contributed by atoms with E-state index in [-0.39, 0.29) is 18.0 Å². The Morgan fingerprint density at radius 3 is 2.62 bits per heavy atom. The van der Waals surface area contributed by atoms with Gasteiger partial charge in [-0.1, -0.05) is 28.1 Å². The normalized spacial score (nSPS) is 21.0. The molecule has 2 saturated heterocycles. The number of hydrogen-bond acceptors (Lipinski definition) is 3.